The molecule has 22 heavy (non-hydrogen) atoms. The normalized spacial score (nSPS) is 10.7. The Morgan fingerprint density at radius 2 is 1.64 bits per heavy atom. The van der Waals surface area contributed by atoms with Gasteiger partial charge in [-0.15, -0.1) is 0 Å². The Labute approximate surface area is 141 Å². The van der Waals surface area contributed by atoms with E-state index in [9.17, 15) is 4.79 Å². The van der Waals surface area contributed by atoms with Gasteiger partial charge in [0, 0.05) is 0 Å². The number of amides is 1. The van der Waals surface area contributed by atoms with Gasteiger partial charge in [-0.25, -0.2) is 4.98 Å². The van der Waals surface area contributed by atoms with Crippen molar-refractivity contribution in [2.45, 2.75) is 0 Å². The van der Waals surface area contributed by atoms with Crippen LogP contribution in [0, 0.1) is 0 Å². The van der Waals surface area contributed by atoms with Gasteiger partial charge in [-0.2, -0.15) is 0 Å². The molecule has 0 aliphatic rings. The molecule has 1 amide bonds. The molecule has 4 nitrogen and oxygen atoms in total. The highest BCUT2D eigenvalue weighted by atomic mass is 35.5. The minimum Gasteiger partial charge on any atom is -0.319 e. The lowest BCUT2D eigenvalue weighted by molar-refractivity contribution is 0.102. The van der Waals surface area contributed by atoms with Crippen molar-refractivity contribution in [2.24, 2.45) is 0 Å². The molecule has 7 heteroatoms. The van der Waals surface area contributed by atoms with Crippen LogP contribution in [-0.4, -0.2) is 15.9 Å². The summed E-state index contributed by atoms with van der Waals surface area (Å²) >= 11 is 17.8. The maximum Gasteiger partial charge on any atom is 0.275 e. The van der Waals surface area contributed by atoms with Crippen molar-refractivity contribution in [3.05, 3.63) is 63.4 Å². The number of nitrogens with zero attached hydrogens (tertiary/aromatic N) is 2. The number of rotatable bonds is 2. The van der Waals surface area contributed by atoms with Crippen LogP contribution < -0.4 is 5.32 Å². The third-order valence-electron chi connectivity index (χ3n) is 2.94. The maximum absolute atomic E-state index is 12.3. The lowest BCUT2D eigenvalue weighted by atomic mass is 10.2. The second kappa shape index (κ2) is 6.08. The molecule has 0 unspecified atom stereocenters. The first kappa shape index (κ1) is 15.0. The third-order valence-corrected chi connectivity index (χ3v) is 3.97. The average molecular weight is 353 g/mol. The molecule has 0 saturated heterocycles. The van der Waals surface area contributed by atoms with E-state index in [1.165, 1.54) is 18.3 Å². The first-order chi connectivity index (χ1) is 10.5. The van der Waals surface area contributed by atoms with Gasteiger partial charge in [0.25, 0.3) is 5.91 Å². The molecule has 0 fully saturated rings. The monoisotopic (exact) mass is 351 g/mol. The van der Waals surface area contributed by atoms with Crippen LogP contribution in [0.2, 0.25) is 15.1 Å². The van der Waals surface area contributed by atoms with Crippen molar-refractivity contribution in [3.63, 3.8) is 0 Å². The number of carbonyl (C=O) groups is 1. The first-order valence-corrected chi connectivity index (χ1v) is 7.35. The van der Waals surface area contributed by atoms with E-state index in [0.717, 1.165) is 0 Å². The number of aromatic nitrogens is 2. The molecule has 2 aromatic carbocycles. The maximum atomic E-state index is 12.3. The molecule has 0 aliphatic carbocycles. The number of benzene rings is 2. The molecule has 0 radical (unpaired) electrons. The van der Waals surface area contributed by atoms with Crippen molar-refractivity contribution in [3.8, 4) is 0 Å². The van der Waals surface area contributed by atoms with Crippen LogP contribution in [0.25, 0.3) is 11.0 Å². The zero-order valence-corrected chi connectivity index (χ0v) is 13.2. The van der Waals surface area contributed by atoms with E-state index in [4.69, 9.17) is 34.8 Å². The Bertz CT molecular complexity index is 883. The lowest BCUT2D eigenvalue weighted by Gasteiger charge is -2.08. The second-order valence-electron chi connectivity index (χ2n) is 4.44. The minimum atomic E-state index is -0.432. The summed E-state index contributed by atoms with van der Waals surface area (Å²) in [6.07, 6.45) is 1.41. The molecule has 3 aromatic rings. The van der Waals surface area contributed by atoms with Crippen LogP contribution in [0.3, 0.4) is 0 Å². The predicted octanol–water partition coefficient (Wildman–Crippen LogP) is 4.84. The van der Waals surface area contributed by atoms with Crippen LogP contribution in [-0.2, 0) is 0 Å². The number of nitrogens with one attached hydrogen (secondary N) is 1. The Kier molecular flexibility index (Phi) is 4.16. The molecule has 0 atom stereocenters. The lowest BCUT2D eigenvalue weighted by Crippen LogP contribution is -2.14. The molecule has 0 saturated carbocycles. The zero-order valence-electron chi connectivity index (χ0n) is 11.0. The van der Waals surface area contributed by atoms with Crippen LogP contribution in [0.5, 0.6) is 0 Å². The van der Waals surface area contributed by atoms with E-state index in [1.807, 2.05) is 18.2 Å². The van der Waals surface area contributed by atoms with Crippen LogP contribution >= 0.6 is 34.8 Å². The quantitative estimate of drug-likeness (QED) is 0.671. The van der Waals surface area contributed by atoms with Crippen molar-refractivity contribution in [1.82, 2.24) is 9.97 Å². The van der Waals surface area contributed by atoms with E-state index in [2.05, 4.69) is 15.3 Å². The highest BCUT2D eigenvalue weighted by Crippen LogP contribution is 2.32. The zero-order chi connectivity index (χ0) is 15.7. The summed E-state index contributed by atoms with van der Waals surface area (Å²) in [5.41, 5.74) is 1.89. The highest BCUT2D eigenvalue weighted by molar-refractivity contribution is 6.44. The molecule has 1 aromatic heterocycles. The summed E-state index contributed by atoms with van der Waals surface area (Å²) in [7, 11) is 0. The minimum absolute atomic E-state index is 0.181. The number of hydrogen-bond donors (Lipinski definition) is 1. The predicted molar refractivity (Wildman–Crippen MR) is 89.0 cm³/mol. The summed E-state index contributed by atoms with van der Waals surface area (Å²) in [5.74, 6) is -0.432. The van der Waals surface area contributed by atoms with Gasteiger partial charge < -0.3 is 5.32 Å². The standard InChI is InChI=1S/C15H8Cl3N3O/c16-8-5-10(18)13(6-9(8)17)21-15(22)14-7-19-11-3-1-2-4-12(11)20-14/h1-7H,(H,21,22). The van der Waals surface area contributed by atoms with Crippen LogP contribution in [0.15, 0.2) is 42.6 Å². The van der Waals surface area contributed by atoms with Crippen molar-refractivity contribution >= 4 is 57.4 Å². The number of carbonyl (C=O) groups excluding carboxylic acids is 1. The topological polar surface area (TPSA) is 54.9 Å². The van der Waals surface area contributed by atoms with E-state index in [0.29, 0.717) is 26.8 Å². The Balaban J connectivity index is 1.91. The molecule has 0 bridgehead atoms. The Morgan fingerprint density at radius 1 is 0.955 bits per heavy atom. The third kappa shape index (κ3) is 2.99. The van der Waals surface area contributed by atoms with E-state index < -0.39 is 5.91 Å². The molecule has 0 spiro atoms. The number of para-hydroxylation sites is 2. The average Bonchev–Trinajstić information content (AvgIpc) is 2.52. The van der Waals surface area contributed by atoms with Gasteiger partial charge in [0.1, 0.15) is 5.69 Å². The number of halogens is 3. The highest BCUT2D eigenvalue weighted by Gasteiger charge is 2.13. The summed E-state index contributed by atoms with van der Waals surface area (Å²) in [4.78, 5) is 20.7. The summed E-state index contributed by atoms with van der Waals surface area (Å²) in [6, 6.07) is 10.2. The first-order valence-electron chi connectivity index (χ1n) is 6.22. The largest absolute Gasteiger partial charge is 0.319 e. The van der Waals surface area contributed by atoms with Gasteiger partial charge in [-0.1, -0.05) is 46.9 Å². The smallest absolute Gasteiger partial charge is 0.275 e. The summed E-state index contributed by atoms with van der Waals surface area (Å²) < 4.78 is 0. The van der Waals surface area contributed by atoms with Gasteiger partial charge in [0.05, 0.1) is 38.0 Å². The summed E-state index contributed by atoms with van der Waals surface area (Å²) in [5, 5.41) is 3.54. The van der Waals surface area contributed by atoms with Crippen LogP contribution in [0.4, 0.5) is 5.69 Å². The van der Waals surface area contributed by atoms with E-state index in [1.54, 1.807) is 6.07 Å². The fourth-order valence-electron chi connectivity index (χ4n) is 1.87. The molecule has 110 valence electrons. The van der Waals surface area contributed by atoms with E-state index in [-0.39, 0.29) is 10.7 Å². The molecular formula is C15H8Cl3N3O. The second-order valence-corrected chi connectivity index (χ2v) is 5.67. The molecule has 1 N–H and O–H groups in total. The molecule has 1 heterocycles. The number of hydrogen-bond acceptors (Lipinski definition) is 3. The van der Waals surface area contributed by atoms with Crippen molar-refractivity contribution < 1.29 is 4.79 Å². The van der Waals surface area contributed by atoms with Crippen molar-refractivity contribution in [1.29, 1.82) is 0 Å². The van der Waals surface area contributed by atoms with Crippen molar-refractivity contribution in [2.75, 3.05) is 5.32 Å². The van der Waals surface area contributed by atoms with Gasteiger partial charge >= 0.3 is 0 Å². The fraction of sp³-hybridized carbons (Fsp3) is 0. The van der Waals surface area contributed by atoms with Gasteiger partial charge in [-0.05, 0) is 24.3 Å². The number of anilines is 1. The van der Waals surface area contributed by atoms with Crippen LogP contribution in [0.1, 0.15) is 10.5 Å². The SMILES string of the molecule is O=C(Nc1cc(Cl)c(Cl)cc1Cl)c1cnc2ccccc2n1. The summed E-state index contributed by atoms with van der Waals surface area (Å²) in [6.45, 7) is 0. The van der Waals surface area contributed by atoms with E-state index >= 15 is 0 Å². The molecular weight excluding hydrogens is 345 g/mol. The molecule has 3 rings (SSSR count). The number of fused-ring (bicyclic) bond motifs is 1. The fourth-order valence-corrected chi connectivity index (χ4v) is 2.47. The Morgan fingerprint density at radius 3 is 2.41 bits per heavy atom. The van der Waals surface area contributed by atoms with Gasteiger partial charge in [0.15, 0.2) is 0 Å². The Hall–Kier alpha value is -1.88. The van der Waals surface area contributed by atoms with Gasteiger partial charge in [-0.3, -0.25) is 9.78 Å². The van der Waals surface area contributed by atoms with Gasteiger partial charge in [0.2, 0.25) is 0 Å². The molecule has 0 aliphatic heterocycles.